The van der Waals surface area contributed by atoms with Crippen LogP contribution in [0.1, 0.15) is 23.7 Å². The SMILES string of the molecule is C[C@@H]1C[C@H]1C(=O)Nc1ccc(C(=O)O)cc1. The van der Waals surface area contributed by atoms with Crippen LogP contribution < -0.4 is 5.32 Å². The van der Waals surface area contributed by atoms with Crippen LogP contribution in [-0.4, -0.2) is 17.0 Å². The minimum atomic E-state index is -0.964. The van der Waals surface area contributed by atoms with Gasteiger partial charge in [-0.3, -0.25) is 4.79 Å². The lowest BCUT2D eigenvalue weighted by Gasteiger charge is -2.04. The van der Waals surface area contributed by atoms with Gasteiger partial charge in [0.05, 0.1) is 5.56 Å². The molecule has 1 fully saturated rings. The molecular weight excluding hydrogens is 206 g/mol. The predicted molar refractivity (Wildman–Crippen MR) is 59.3 cm³/mol. The van der Waals surface area contributed by atoms with E-state index in [9.17, 15) is 9.59 Å². The molecule has 2 N–H and O–H groups in total. The van der Waals surface area contributed by atoms with Crippen molar-refractivity contribution in [1.29, 1.82) is 0 Å². The van der Waals surface area contributed by atoms with Crippen molar-refractivity contribution >= 4 is 17.6 Å². The van der Waals surface area contributed by atoms with Crippen molar-refractivity contribution in [2.24, 2.45) is 11.8 Å². The van der Waals surface area contributed by atoms with E-state index in [-0.39, 0.29) is 17.4 Å². The number of benzene rings is 1. The highest BCUT2D eigenvalue weighted by Crippen LogP contribution is 2.38. The average Bonchev–Trinajstić information content (AvgIpc) is 2.96. The quantitative estimate of drug-likeness (QED) is 0.816. The van der Waals surface area contributed by atoms with Crippen LogP contribution in [0.2, 0.25) is 0 Å². The van der Waals surface area contributed by atoms with E-state index < -0.39 is 5.97 Å². The lowest BCUT2D eigenvalue weighted by Crippen LogP contribution is -2.14. The topological polar surface area (TPSA) is 66.4 Å². The summed E-state index contributed by atoms with van der Waals surface area (Å²) in [6.45, 7) is 2.04. The van der Waals surface area contributed by atoms with Crippen LogP contribution in [0.5, 0.6) is 0 Å². The fraction of sp³-hybridized carbons (Fsp3) is 0.333. The number of carboxylic acid groups (broad SMARTS) is 1. The van der Waals surface area contributed by atoms with Crippen LogP contribution in [-0.2, 0) is 4.79 Å². The Morgan fingerprint density at radius 3 is 2.31 bits per heavy atom. The molecule has 0 radical (unpaired) electrons. The number of rotatable bonds is 3. The van der Waals surface area contributed by atoms with E-state index in [0.717, 1.165) is 6.42 Å². The molecule has 4 heteroatoms. The monoisotopic (exact) mass is 219 g/mol. The summed E-state index contributed by atoms with van der Waals surface area (Å²) in [4.78, 5) is 22.2. The van der Waals surface area contributed by atoms with Gasteiger partial charge >= 0.3 is 5.97 Å². The number of carbonyl (C=O) groups is 2. The van der Waals surface area contributed by atoms with E-state index in [1.807, 2.05) is 6.92 Å². The highest BCUT2D eigenvalue weighted by molar-refractivity contribution is 5.95. The van der Waals surface area contributed by atoms with Crippen LogP contribution in [0.15, 0.2) is 24.3 Å². The van der Waals surface area contributed by atoms with Gasteiger partial charge in [-0.15, -0.1) is 0 Å². The fourth-order valence-corrected chi connectivity index (χ4v) is 1.62. The van der Waals surface area contributed by atoms with Crippen molar-refractivity contribution in [3.8, 4) is 0 Å². The zero-order chi connectivity index (χ0) is 11.7. The maximum Gasteiger partial charge on any atom is 0.335 e. The Morgan fingerprint density at radius 1 is 1.31 bits per heavy atom. The summed E-state index contributed by atoms with van der Waals surface area (Å²) in [6.07, 6.45) is 0.943. The molecule has 0 unspecified atom stereocenters. The van der Waals surface area contributed by atoms with Gasteiger partial charge in [0.25, 0.3) is 0 Å². The molecule has 0 heterocycles. The van der Waals surface area contributed by atoms with E-state index in [4.69, 9.17) is 5.11 Å². The smallest absolute Gasteiger partial charge is 0.335 e. The van der Waals surface area contributed by atoms with Gasteiger partial charge in [0.15, 0.2) is 0 Å². The molecule has 2 rings (SSSR count). The number of carbonyl (C=O) groups excluding carboxylic acids is 1. The van der Waals surface area contributed by atoms with Crippen molar-refractivity contribution in [2.45, 2.75) is 13.3 Å². The minimum Gasteiger partial charge on any atom is -0.478 e. The summed E-state index contributed by atoms with van der Waals surface area (Å²) in [5, 5.41) is 11.5. The van der Waals surface area contributed by atoms with E-state index in [1.165, 1.54) is 12.1 Å². The van der Waals surface area contributed by atoms with Crippen LogP contribution >= 0.6 is 0 Å². The Bertz CT molecular complexity index is 424. The second kappa shape index (κ2) is 3.96. The molecule has 0 saturated heterocycles. The lowest BCUT2D eigenvalue weighted by molar-refractivity contribution is -0.117. The zero-order valence-corrected chi connectivity index (χ0v) is 8.93. The third-order valence-corrected chi connectivity index (χ3v) is 2.85. The van der Waals surface area contributed by atoms with Crippen molar-refractivity contribution < 1.29 is 14.7 Å². The minimum absolute atomic E-state index is 0.0237. The van der Waals surface area contributed by atoms with Crippen molar-refractivity contribution in [2.75, 3.05) is 5.32 Å². The van der Waals surface area contributed by atoms with E-state index in [1.54, 1.807) is 12.1 Å². The first-order chi connectivity index (χ1) is 7.58. The Morgan fingerprint density at radius 2 is 1.88 bits per heavy atom. The summed E-state index contributed by atoms with van der Waals surface area (Å²) >= 11 is 0. The number of hydrogen-bond donors (Lipinski definition) is 2. The predicted octanol–water partition coefficient (Wildman–Crippen LogP) is 1.98. The molecule has 16 heavy (non-hydrogen) atoms. The van der Waals surface area contributed by atoms with Crippen LogP contribution in [0.4, 0.5) is 5.69 Å². The first-order valence-corrected chi connectivity index (χ1v) is 5.22. The molecular formula is C12H13NO3. The number of carboxylic acids is 1. The number of anilines is 1. The summed E-state index contributed by atoms with van der Waals surface area (Å²) in [7, 11) is 0. The highest BCUT2D eigenvalue weighted by atomic mass is 16.4. The summed E-state index contributed by atoms with van der Waals surface area (Å²) in [6, 6.07) is 6.17. The fourth-order valence-electron chi connectivity index (χ4n) is 1.62. The molecule has 1 aromatic rings. The maximum atomic E-state index is 11.6. The molecule has 1 amide bonds. The van der Waals surface area contributed by atoms with Gasteiger partial charge < -0.3 is 10.4 Å². The molecule has 1 aliphatic rings. The normalized spacial score (nSPS) is 22.6. The van der Waals surface area contributed by atoms with E-state index in [0.29, 0.717) is 11.6 Å². The van der Waals surface area contributed by atoms with Crippen LogP contribution in [0, 0.1) is 11.8 Å². The Labute approximate surface area is 93.3 Å². The van der Waals surface area contributed by atoms with E-state index in [2.05, 4.69) is 5.32 Å². The zero-order valence-electron chi connectivity index (χ0n) is 8.93. The van der Waals surface area contributed by atoms with Crippen LogP contribution in [0.25, 0.3) is 0 Å². The molecule has 4 nitrogen and oxygen atoms in total. The average molecular weight is 219 g/mol. The van der Waals surface area contributed by atoms with Gasteiger partial charge in [-0.1, -0.05) is 6.92 Å². The summed E-state index contributed by atoms with van der Waals surface area (Å²) in [5.74, 6) is -0.346. The van der Waals surface area contributed by atoms with Gasteiger partial charge in [-0.25, -0.2) is 4.79 Å². The Kier molecular flexibility index (Phi) is 2.64. The molecule has 1 aromatic carbocycles. The third-order valence-electron chi connectivity index (χ3n) is 2.85. The number of amides is 1. The largest absolute Gasteiger partial charge is 0.478 e. The van der Waals surface area contributed by atoms with E-state index >= 15 is 0 Å². The standard InChI is InChI=1S/C12H13NO3/c1-7-6-10(7)11(14)13-9-4-2-8(3-5-9)12(15)16/h2-5,7,10H,6H2,1H3,(H,13,14)(H,15,16)/t7-,10-/m1/s1. The summed E-state index contributed by atoms with van der Waals surface area (Å²) in [5.41, 5.74) is 0.867. The lowest BCUT2D eigenvalue weighted by atomic mass is 10.2. The molecule has 2 atom stereocenters. The molecule has 0 aliphatic heterocycles. The second-order valence-corrected chi connectivity index (χ2v) is 4.19. The van der Waals surface area contributed by atoms with Crippen molar-refractivity contribution in [3.05, 3.63) is 29.8 Å². The second-order valence-electron chi connectivity index (χ2n) is 4.19. The number of aromatic carboxylic acids is 1. The van der Waals surface area contributed by atoms with Gasteiger partial charge in [0.2, 0.25) is 5.91 Å². The number of nitrogens with one attached hydrogen (secondary N) is 1. The Hall–Kier alpha value is -1.84. The van der Waals surface area contributed by atoms with Gasteiger partial charge in [0.1, 0.15) is 0 Å². The molecule has 84 valence electrons. The first kappa shape index (κ1) is 10.7. The molecule has 0 bridgehead atoms. The van der Waals surface area contributed by atoms with Gasteiger partial charge in [0, 0.05) is 11.6 Å². The highest BCUT2D eigenvalue weighted by Gasteiger charge is 2.38. The molecule has 0 spiro atoms. The van der Waals surface area contributed by atoms with Crippen LogP contribution in [0.3, 0.4) is 0 Å². The Balaban J connectivity index is 2.00. The molecule has 1 aliphatic carbocycles. The summed E-state index contributed by atoms with van der Waals surface area (Å²) < 4.78 is 0. The first-order valence-electron chi connectivity index (χ1n) is 5.22. The molecule has 1 saturated carbocycles. The number of hydrogen-bond acceptors (Lipinski definition) is 2. The maximum absolute atomic E-state index is 11.6. The van der Waals surface area contributed by atoms with Gasteiger partial charge in [-0.2, -0.15) is 0 Å². The molecule has 0 aromatic heterocycles. The third kappa shape index (κ3) is 2.21. The van der Waals surface area contributed by atoms with Gasteiger partial charge in [-0.05, 0) is 36.6 Å². The van der Waals surface area contributed by atoms with Crippen molar-refractivity contribution in [1.82, 2.24) is 0 Å². The van der Waals surface area contributed by atoms with Crippen molar-refractivity contribution in [3.63, 3.8) is 0 Å².